The Morgan fingerprint density at radius 2 is 1.95 bits per heavy atom. The standard InChI is InChI=1S/C16H20N2O2/c1-18-8-6-13(7-9-18)20-16-15-5-3-2-4-14(15)12(11-19)10-17-16/h2-5,10,13,19H,6-9,11H2,1H3. The van der Waals surface area contributed by atoms with Crippen LogP contribution in [0.25, 0.3) is 10.8 Å². The maximum absolute atomic E-state index is 9.39. The van der Waals surface area contributed by atoms with E-state index in [9.17, 15) is 5.11 Å². The minimum Gasteiger partial charge on any atom is -0.474 e. The fourth-order valence-corrected chi connectivity index (χ4v) is 2.71. The molecule has 0 aliphatic carbocycles. The van der Waals surface area contributed by atoms with Gasteiger partial charge in [0.15, 0.2) is 0 Å². The molecule has 0 amide bonds. The van der Waals surface area contributed by atoms with Gasteiger partial charge < -0.3 is 14.7 Å². The highest BCUT2D eigenvalue weighted by atomic mass is 16.5. The largest absolute Gasteiger partial charge is 0.474 e. The zero-order chi connectivity index (χ0) is 13.9. The first-order valence-corrected chi connectivity index (χ1v) is 7.10. The Kier molecular flexibility index (Phi) is 3.85. The lowest BCUT2D eigenvalue weighted by Gasteiger charge is -2.29. The molecule has 2 aromatic rings. The molecule has 4 nitrogen and oxygen atoms in total. The van der Waals surface area contributed by atoms with Crippen molar-refractivity contribution < 1.29 is 9.84 Å². The maximum Gasteiger partial charge on any atom is 0.221 e. The number of hydrogen-bond donors (Lipinski definition) is 1. The number of likely N-dealkylation sites (tertiary alicyclic amines) is 1. The Morgan fingerprint density at radius 3 is 2.65 bits per heavy atom. The van der Waals surface area contributed by atoms with Gasteiger partial charge in [0.05, 0.1) is 6.61 Å². The van der Waals surface area contributed by atoms with Crippen LogP contribution < -0.4 is 4.74 Å². The van der Waals surface area contributed by atoms with E-state index in [-0.39, 0.29) is 12.7 Å². The summed E-state index contributed by atoms with van der Waals surface area (Å²) in [4.78, 5) is 6.71. The molecule has 1 fully saturated rings. The molecule has 1 saturated heterocycles. The quantitative estimate of drug-likeness (QED) is 0.930. The maximum atomic E-state index is 9.39. The van der Waals surface area contributed by atoms with Crippen molar-refractivity contribution >= 4 is 10.8 Å². The molecular weight excluding hydrogens is 252 g/mol. The molecular formula is C16H20N2O2. The summed E-state index contributed by atoms with van der Waals surface area (Å²) in [6.45, 7) is 2.14. The second-order valence-electron chi connectivity index (χ2n) is 5.41. The molecule has 0 spiro atoms. The first kappa shape index (κ1) is 13.3. The van der Waals surface area contributed by atoms with Gasteiger partial charge in [0.2, 0.25) is 5.88 Å². The fourth-order valence-electron chi connectivity index (χ4n) is 2.71. The highest BCUT2D eigenvalue weighted by Gasteiger charge is 2.19. The molecule has 0 radical (unpaired) electrons. The third kappa shape index (κ3) is 2.62. The number of ether oxygens (including phenoxy) is 1. The van der Waals surface area contributed by atoms with Crippen LogP contribution in [0.15, 0.2) is 30.5 Å². The third-order valence-electron chi connectivity index (χ3n) is 3.96. The second kappa shape index (κ2) is 5.77. The highest BCUT2D eigenvalue weighted by molar-refractivity contribution is 5.89. The molecule has 1 N–H and O–H groups in total. The van der Waals surface area contributed by atoms with Crippen molar-refractivity contribution in [1.82, 2.24) is 9.88 Å². The molecule has 1 aromatic carbocycles. The Bertz CT molecular complexity index is 592. The van der Waals surface area contributed by atoms with Crippen LogP contribution in [0.4, 0.5) is 0 Å². The number of aromatic nitrogens is 1. The van der Waals surface area contributed by atoms with Crippen LogP contribution in [0.1, 0.15) is 18.4 Å². The van der Waals surface area contributed by atoms with Gasteiger partial charge in [-0.05, 0) is 31.3 Å². The molecule has 1 aromatic heterocycles. The van der Waals surface area contributed by atoms with Crippen LogP contribution in [0.5, 0.6) is 5.88 Å². The van der Waals surface area contributed by atoms with Crippen molar-refractivity contribution in [3.63, 3.8) is 0 Å². The first-order valence-electron chi connectivity index (χ1n) is 7.10. The number of piperidine rings is 1. The van der Waals surface area contributed by atoms with E-state index in [2.05, 4.69) is 16.9 Å². The number of aliphatic hydroxyl groups excluding tert-OH is 1. The lowest BCUT2D eigenvalue weighted by Crippen LogP contribution is -2.35. The second-order valence-corrected chi connectivity index (χ2v) is 5.41. The van der Waals surface area contributed by atoms with Gasteiger partial charge >= 0.3 is 0 Å². The molecule has 0 saturated carbocycles. The van der Waals surface area contributed by atoms with Crippen molar-refractivity contribution in [1.29, 1.82) is 0 Å². The summed E-state index contributed by atoms with van der Waals surface area (Å²) >= 11 is 0. The summed E-state index contributed by atoms with van der Waals surface area (Å²) in [5.74, 6) is 0.687. The molecule has 0 unspecified atom stereocenters. The zero-order valence-electron chi connectivity index (χ0n) is 11.7. The Labute approximate surface area is 119 Å². The average molecular weight is 272 g/mol. The normalized spacial score (nSPS) is 17.5. The van der Waals surface area contributed by atoms with Crippen LogP contribution in [0, 0.1) is 0 Å². The predicted octanol–water partition coefficient (Wildman–Crippen LogP) is 2.20. The van der Waals surface area contributed by atoms with Crippen molar-refractivity contribution in [2.24, 2.45) is 0 Å². The van der Waals surface area contributed by atoms with Gasteiger partial charge in [-0.3, -0.25) is 0 Å². The monoisotopic (exact) mass is 272 g/mol. The van der Waals surface area contributed by atoms with Gasteiger partial charge in [-0.2, -0.15) is 0 Å². The molecule has 1 aliphatic heterocycles. The number of rotatable bonds is 3. The summed E-state index contributed by atoms with van der Waals surface area (Å²) in [5, 5.41) is 11.4. The Hall–Kier alpha value is -1.65. The van der Waals surface area contributed by atoms with Crippen LogP contribution >= 0.6 is 0 Å². The number of aliphatic hydroxyl groups is 1. The molecule has 0 atom stereocenters. The Morgan fingerprint density at radius 1 is 1.25 bits per heavy atom. The first-order chi connectivity index (χ1) is 9.78. The van der Waals surface area contributed by atoms with E-state index in [4.69, 9.17) is 4.74 Å². The summed E-state index contributed by atoms with van der Waals surface area (Å²) in [7, 11) is 2.14. The lowest BCUT2D eigenvalue weighted by molar-refractivity contribution is 0.111. The molecule has 20 heavy (non-hydrogen) atoms. The van der Waals surface area contributed by atoms with E-state index in [1.807, 2.05) is 24.3 Å². The average Bonchev–Trinajstić information content (AvgIpc) is 2.50. The van der Waals surface area contributed by atoms with Crippen molar-refractivity contribution in [2.75, 3.05) is 20.1 Å². The van der Waals surface area contributed by atoms with E-state index < -0.39 is 0 Å². The summed E-state index contributed by atoms with van der Waals surface area (Å²) < 4.78 is 6.10. The number of nitrogens with zero attached hydrogens (tertiary/aromatic N) is 2. The molecule has 106 valence electrons. The Balaban J connectivity index is 1.88. The molecule has 1 aliphatic rings. The summed E-state index contributed by atoms with van der Waals surface area (Å²) in [5.41, 5.74) is 0.844. The third-order valence-corrected chi connectivity index (χ3v) is 3.96. The molecule has 4 heteroatoms. The van der Waals surface area contributed by atoms with Crippen molar-refractivity contribution in [3.8, 4) is 5.88 Å². The van der Waals surface area contributed by atoms with Gasteiger partial charge in [0.25, 0.3) is 0 Å². The molecule has 2 heterocycles. The fraction of sp³-hybridized carbons (Fsp3) is 0.438. The van der Waals surface area contributed by atoms with Crippen LogP contribution in [0.3, 0.4) is 0 Å². The van der Waals surface area contributed by atoms with Gasteiger partial charge in [-0.25, -0.2) is 4.98 Å². The van der Waals surface area contributed by atoms with Crippen LogP contribution in [-0.4, -0.2) is 41.2 Å². The van der Waals surface area contributed by atoms with E-state index in [1.54, 1.807) is 6.20 Å². The van der Waals surface area contributed by atoms with Gasteiger partial charge in [0, 0.05) is 30.2 Å². The topological polar surface area (TPSA) is 45.6 Å². The van der Waals surface area contributed by atoms with E-state index >= 15 is 0 Å². The van der Waals surface area contributed by atoms with Gasteiger partial charge in [0.1, 0.15) is 6.10 Å². The van der Waals surface area contributed by atoms with E-state index in [0.29, 0.717) is 5.88 Å². The molecule has 3 rings (SSSR count). The highest BCUT2D eigenvalue weighted by Crippen LogP contribution is 2.28. The minimum atomic E-state index is 0.00200. The van der Waals surface area contributed by atoms with Crippen molar-refractivity contribution in [3.05, 3.63) is 36.0 Å². The minimum absolute atomic E-state index is 0.00200. The molecule has 0 bridgehead atoms. The zero-order valence-corrected chi connectivity index (χ0v) is 11.7. The smallest absolute Gasteiger partial charge is 0.221 e. The summed E-state index contributed by atoms with van der Waals surface area (Å²) in [6.07, 6.45) is 4.02. The lowest BCUT2D eigenvalue weighted by atomic mass is 10.1. The van der Waals surface area contributed by atoms with E-state index in [0.717, 1.165) is 42.3 Å². The summed E-state index contributed by atoms with van der Waals surface area (Å²) in [6, 6.07) is 7.96. The predicted molar refractivity (Wildman–Crippen MR) is 78.8 cm³/mol. The van der Waals surface area contributed by atoms with Gasteiger partial charge in [-0.1, -0.05) is 18.2 Å². The number of benzene rings is 1. The van der Waals surface area contributed by atoms with Crippen LogP contribution in [0.2, 0.25) is 0 Å². The number of pyridine rings is 1. The van der Waals surface area contributed by atoms with Crippen molar-refractivity contribution in [2.45, 2.75) is 25.6 Å². The van der Waals surface area contributed by atoms with Gasteiger partial charge in [-0.15, -0.1) is 0 Å². The number of fused-ring (bicyclic) bond motifs is 1. The SMILES string of the molecule is CN1CCC(Oc2ncc(CO)c3ccccc23)CC1. The van der Waals surface area contributed by atoms with Crippen LogP contribution in [-0.2, 0) is 6.61 Å². The van der Waals surface area contributed by atoms with E-state index in [1.165, 1.54) is 0 Å². The number of hydrogen-bond acceptors (Lipinski definition) is 4.